The standard InChI is InChI=1S/C15H19ClN4O2S/c1-18-10-11(14(17-18)12-2-3-13(16)23-12)15(22)20-6-4-19(5-7-20)8-9-21/h2-3,10,21H,4-9H2,1H3. The molecule has 0 unspecified atom stereocenters. The molecule has 1 amide bonds. The molecule has 0 aromatic carbocycles. The first-order valence-corrected chi connectivity index (χ1v) is 8.70. The third kappa shape index (κ3) is 3.58. The second-order valence-electron chi connectivity index (χ2n) is 5.53. The zero-order chi connectivity index (χ0) is 16.4. The number of halogens is 1. The summed E-state index contributed by atoms with van der Waals surface area (Å²) in [7, 11) is 1.81. The van der Waals surface area contributed by atoms with Gasteiger partial charge in [-0.1, -0.05) is 11.6 Å². The highest BCUT2D eigenvalue weighted by molar-refractivity contribution is 7.19. The van der Waals surface area contributed by atoms with Crippen LogP contribution in [0.4, 0.5) is 0 Å². The molecular weight excluding hydrogens is 336 g/mol. The Morgan fingerprint density at radius 3 is 2.70 bits per heavy atom. The van der Waals surface area contributed by atoms with Crippen molar-refractivity contribution in [2.24, 2.45) is 7.05 Å². The van der Waals surface area contributed by atoms with Gasteiger partial charge in [-0.05, 0) is 12.1 Å². The average Bonchev–Trinajstić information content (AvgIpc) is 3.13. The van der Waals surface area contributed by atoms with Crippen LogP contribution in [0.1, 0.15) is 10.4 Å². The first-order chi connectivity index (χ1) is 11.1. The van der Waals surface area contributed by atoms with Gasteiger partial charge in [0.1, 0.15) is 5.69 Å². The van der Waals surface area contributed by atoms with E-state index in [1.165, 1.54) is 11.3 Å². The van der Waals surface area contributed by atoms with E-state index in [1.54, 1.807) is 10.9 Å². The van der Waals surface area contributed by atoms with Crippen LogP contribution in [0.25, 0.3) is 10.6 Å². The number of aliphatic hydroxyl groups is 1. The van der Waals surface area contributed by atoms with E-state index in [9.17, 15) is 4.79 Å². The molecule has 3 rings (SSSR count). The highest BCUT2D eigenvalue weighted by atomic mass is 35.5. The van der Waals surface area contributed by atoms with E-state index in [2.05, 4.69) is 10.00 Å². The molecule has 1 fully saturated rings. The van der Waals surface area contributed by atoms with Crippen LogP contribution in [0, 0.1) is 0 Å². The third-order valence-corrected chi connectivity index (χ3v) is 5.18. The molecule has 23 heavy (non-hydrogen) atoms. The number of amides is 1. The summed E-state index contributed by atoms with van der Waals surface area (Å²) in [5.41, 5.74) is 1.30. The highest BCUT2D eigenvalue weighted by Crippen LogP contribution is 2.32. The summed E-state index contributed by atoms with van der Waals surface area (Å²) < 4.78 is 2.35. The lowest BCUT2D eigenvalue weighted by molar-refractivity contribution is 0.0615. The topological polar surface area (TPSA) is 61.6 Å². The van der Waals surface area contributed by atoms with Gasteiger partial charge >= 0.3 is 0 Å². The molecule has 1 saturated heterocycles. The molecule has 6 nitrogen and oxygen atoms in total. The minimum Gasteiger partial charge on any atom is -0.395 e. The Hall–Kier alpha value is -1.41. The zero-order valence-electron chi connectivity index (χ0n) is 12.9. The fourth-order valence-electron chi connectivity index (χ4n) is 2.75. The monoisotopic (exact) mass is 354 g/mol. The van der Waals surface area contributed by atoms with Crippen molar-refractivity contribution in [2.75, 3.05) is 39.3 Å². The number of β-amino-alcohol motifs (C(OH)–C–C–N with tert-alkyl or cyclic N) is 1. The maximum atomic E-state index is 12.9. The Kier molecular flexibility index (Phi) is 5.01. The fourth-order valence-corrected chi connectivity index (χ4v) is 3.80. The van der Waals surface area contributed by atoms with E-state index in [0.29, 0.717) is 35.2 Å². The lowest BCUT2D eigenvalue weighted by Gasteiger charge is -2.34. The smallest absolute Gasteiger partial charge is 0.257 e. The van der Waals surface area contributed by atoms with Gasteiger partial charge in [0.05, 0.1) is 21.4 Å². The van der Waals surface area contributed by atoms with Gasteiger partial charge in [-0.15, -0.1) is 11.3 Å². The molecule has 0 spiro atoms. The van der Waals surface area contributed by atoms with Gasteiger partial charge in [0.25, 0.3) is 5.91 Å². The van der Waals surface area contributed by atoms with Crippen molar-refractivity contribution in [3.63, 3.8) is 0 Å². The number of carbonyl (C=O) groups excluding carboxylic acids is 1. The van der Waals surface area contributed by atoms with E-state index in [4.69, 9.17) is 16.7 Å². The van der Waals surface area contributed by atoms with Crippen molar-refractivity contribution >= 4 is 28.8 Å². The van der Waals surface area contributed by atoms with Gasteiger partial charge in [0.15, 0.2) is 0 Å². The molecule has 2 aromatic heterocycles. The second-order valence-corrected chi connectivity index (χ2v) is 7.24. The number of aryl methyl sites for hydroxylation is 1. The molecule has 124 valence electrons. The van der Waals surface area contributed by atoms with Crippen LogP contribution >= 0.6 is 22.9 Å². The van der Waals surface area contributed by atoms with Crippen LogP contribution in [0.3, 0.4) is 0 Å². The minimum absolute atomic E-state index is 0.00118. The molecule has 0 radical (unpaired) electrons. The van der Waals surface area contributed by atoms with Crippen molar-refractivity contribution in [1.29, 1.82) is 0 Å². The Balaban J connectivity index is 1.78. The van der Waals surface area contributed by atoms with Gasteiger partial charge in [-0.3, -0.25) is 14.4 Å². The molecule has 1 aliphatic heterocycles. The van der Waals surface area contributed by atoms with Gasteiger partial charge in [0.2, 0.25) is 0 Å². The number of carbonyl (C=O) groups is 1. The first-order valence-electron chi connectivity index (χ1n) is 7.50. The predicted molar refractivity (Wildman–Crippen MR) is 91.0 cm³/mol. The van der Waals surface area contributed by atoms with Gasteiger partial charge < -0.3 is 10.0 Å². The van der Waals surface area contributed by atoms with E-state index in [1.807, 2.05) is 24.1 Å². The Morgan fingerprint density at radius 2 is 2.09 bits per heavy atom. The van der Waals surface area contributed by atoms with E-state index < -0.39 is 0 Å². The summed E-state index contributed by atoms with van der Waals surface area (Å²) in [6, 6.07) is 3.71. The molecule has 8 heteroatoms. The van der Waals surface area contributed by atoms with Crippen LogP contribution in [-0.4, -0.2) is 69.9 Å². The lowest BCUT2D eigenvalue weighted by atomic mass is 10.1. The van der Waals surface area contributed by atoms with Crippen molar-refractivity contribution in [3.05, 3.63) is 28.2 Å². The average molecular weight is 355 g/mol. The third-order valence-electron chi connectivity index (χ3n) is 3.94. The van der Waals surface area contributed by atoms with Gasteiger partial charge in [-0.25, -0.2) is 0 Å². The van der Waals surface area contributed by atoms with Crippen molar-refractivity contribution in [1.82, 2.24) is 19.6 Å². The molecule has 0 saturated carbocycles. The summed E-state index contributed by atoms with van der Waals surface area (Å²) in [6.45, 7) is 3.71. The highest BCUT2D eigenvalue weighted by Gasteiger charge is 2.26. The Bertz CT molecular complexity index is 691. The number of aliphatic hydroxyl groups excluding tert-OH is 1. The minimum atomic E-state index is 0.00118. The van der Waals surface area contributed by atoms with Crippen LogP contribution < -0.4 is 0 Å². The number of aromatic nitrogens is 2. The molecule has 1 N–H and O–H groups in total. The SMILES string of the molecule is Cn1cc(C(=O)N2CCN(CCO)CC2)c(-c2ccc(Cl)s2)n1. The maximum absolute atomic E-state index is 12.9. The number of hydrogen-bond acceptors (Lipinski definition) is 5. The fraction of sp³-hybridized carbons (Fsp3) is 0.467. The molecule has 1 aliphatic rings. The molecule has 0 bridgehead atoms. The summed E-state index contributed by atoms with van der Waals surface area (Å²) in [5.74, 6) is 0.00118. The maximum Gasteiger partial charge on any atom is 0.257 e. The van der Waals surface area contributed by atoms with Crippen molar-refractivity contribution < 1.29 is 9.90 Å². The van der Waals surface area contributed by atoms with Gasteiger partial charge in [-0.2, -0.15) is 5.10 Å². The van der Waals surface area contributed by atoms with Crippen LogP contribution in [-0.2, 0) is 7.05 Å². The zero-order valence-corrected chi connectivity index (χ0v) is 14.5. The number of rotatable bonds is 4. The van der Waals surface area contributed by atoms with Crippen molar-refractivity contribution in [2.45, 2.75) is 0 Å². The molecule has 0 atom stereocenters. The summed E-state index contributed by atoms with van der Waals surface area (Å²) in [5, 5.41) is 13.4. The first kappa shape index (κ1) is 16.4. The molecule has 2 aromatic rings. The second kappa shape index (κ2) is 7.00. The van der Waals surface area contributed by atoms with Crippen LogP contribution in [0.5, 0.6) is 0 Å². The summed E-state index contributed by atoms with van der Waals surface area (Å²) in [4.78, 5) is 17.8. The Morgan fingerprint density at radius 1 is 1.35 bits per heavy atom. The largest absolute Gasteiger partial charge is 0.395 e. The van der Waals surface area contributed by atoms with Crippen LogP contribution in [0.15, 0.2) is 18.3 Å². The summed E-state index contributed by atoms with van der Waals surface area (Å²) in [6.07, 6.45) is 1.77. The Labute approximate surface area is 143 Å². The number of thiophene rings is 1. The van der Waals surface area contributed by atoms with Crippen molar-refractivity contribution in [3.8, 4) is 10.6 Å². The van der Waals surface area contributed by atoms with E-state index >= 15 is 0 Å². The quantitative estimate of drug-likeness (QED) is 0.905. The lowest BCUT2D eigenvalue weighted by Crippen LogP contribution is -2.49. The number of nitrogens with zero attached hydrogens (tertiary/aromatic N) is 4. The van der Waals surface area contributed by atoms with E-state index in [-0.39, 0.29) is 12.5 Å². The molecule has 0 aliphatic carbocycles. The van der Waals surface area contributed by atoms with Gasteiger partial charge in [0, 0.05) is 46.0 Å². The predicted octanol–water partition coefficient (Wildman–Crippen LogP) is 1.55. The molecular formula is C15H19ClN4O2S. The van der Waals surface area contributed by atoms with Crippen LogP contribution in [0.2, 0.25) is 4.34 Å². The normalized spacial score (nSPS) is 16.0. The number of piperazine rings is 1. The molecule has 3 heterocycles. The van der Waals surface area contributed by atoms with E-state index in [0.717, 1.165) is 18.0 Å². The number of hydrogen-bond donors (Lipinski definition) is 1. The summed E-state index contributed by atoms with van der Waals surface area (Å²) >= 11 is 7.43.